The maximum absolute atomic E-state index is 13.5. The summed E-state index contributed by atoms with van der Waals surface area (Å²) in [6.07, 6.45) is 0. The summed E-state index contributed by atoms with van der Waals surface area (Å²) in [5, 5.41) is 0. The van der Waals surface area contributed by atoms with Crippen LogP contribution in [-0.4, -0.2) is 18.9 Å². The molecule has 0 unspecified atom stereocenters. The Morgan fingerprint density at radius 3 is 2.16 bits per heavy atom. The van der Waals surface area contributed by atoms with Crippen LogP contribution < -0.4 is 8.87 Å². The van der Waals surface area contributed by atoms with Crippen molar-refractivity contribution in [3.8, 4) is 5.69 Å². The van der Waals surface area contributed by atoms with Crippen molar-refractivity contribution < 1.29 is 17.8 Å². The van der Waals surface area contributed by atoms with Gasteiger partial charge in [-0.1, -0.05) is 36.4 Å². The van der Waals surface area contributed by atoms with Crippen LogP contribution in [0.15, 0.2) is 83.8 Å². The Kier molecular flexibility index (Phi) is 5.37. The lowest BCUT2D eigenvalue weighted by Gasteiger charge is -2.20. The summed E-state index contributed by atoms with van der Waals surface area (Å²) in [7, 11) is -4.08. The average molecular weight is 435 g/mol. The summed E-state index contributed by atoms with van der Waals surface area (Å²) in [5.41, 5.74) is 3.01. The molecular formula is C24H24N3O3S+. The van der Waals surface area contributed by atoms with Gasteiger partial charge in [0.1, 0.15) is 5.69 Å². The third-order valence-corrected chi connectivity index (χ3v) is 7.14. The summed E-state index contributed by atoms with van der Waals surface area (Å²) < 4.78 is 32.0. The molecule has 0 aliphatic heterocycles. The van der Waals surface area contributed by atoms with Gasteiger partial charge in [0.05, 0.1) is 17.1 Å². The topological polar surface area (TPSA) is 63.3 Å². The lowest BCUT2D eigenvalue weighted by atomic mass is 10.2. The molecule has 7 heteroatoms. The second-order valence-electron chi connectivity index (χ2n) is 7.24. The van der Waals surface area contributed by atoms with E-state index >= 15 is 0 Å². The number of carbonyl (C=O) groups excluding carboxylic acids is 1. The fourth-order valence-corrected chi connectivity index (χ4v) is 5.45. The van der Waals surface area contributed by atoms with Crippen LogP contribution in [0.2, 0.25) is 0 Å². The minimum Gasteiger partial charge on any atom is -0.274 e. The molecule has 0 aliphatic rings. The summed E-state index contributed by atoms with van der Waals surface area (Å²) in [4.78, 5) is 12.4. The number of fused-ring (bicyclic) bond motifs is 1. The Hall–Kier alpha value is -3.45. The first-order valence-electron chi connectivity index (χ1n) is 10.1. The largest absolute Gasteiger partial charge is 0.274 e. The predicted octanol–water partition coefficient (Wildman–Crippen LogP) is 3.99. The third-order valence-electron chi connectivity index (χ3n) is 5.34. The number of aromatic nitrogens is 2. The molecule has 0 bridgehead atoms. The Morgan fingerprint density at radius 2 is 1.58 bits per heavy atom. The summed E-state index contributed by atoms with van der Waals surface area (Å²) in [6, 6.07) is 23.4. The van der Waals surface area contributed by atoms with Crippen molar-refractivity contribution in [1.82, 2.24) is 4.57 Å². The molecule has 0 atom stereocenters. The number of benzene rings is 3. The molecule has 0 N–H and O–H groups in total. The van der Waals surface area contributed by atoms with Crippen LogP contribution in [0.3, 0.4) is 0 Å². The molecule has 4 aromatic rings. The molecule has 0 saturated heterocycles. The second-order valence-corrected chi connectivity index (χ2v) is 9.02. The number of rotatable bonds is 5. The van der Waals surface area contributed by atoms with Crippen LogP contribution in [0, 0.1) is 6.92 Å². The molecule has 0 aliphatic carbocycles. The molecule has 1 amide bonds. The minimum atomic E-state index is -4.08. The van der Waals surface area contributed by atoms with Crippen LogP contribution in [-0.2, 0) is 21.4 Å². The molecule has 3 aromatic carbocycles. The van der Waals surface area contributed by atoms with Gasteiger partial charge in [-0.3, -0.25) is 4.79 Å². The number of nitrogens with zero attached hydrogens (tertiary/aromatic N) is 3. The van der Waals surface area contributed by atoms with Gasteiger partial charge in [-0.25, -0.2) is 17.3 Å². The van der Waals surface area contributed by atoms with E-state index in [1.165, 1.54) is 6.92 Å². The first-order chi connectivity index (χ1) is 14.9. The van der Waals surface area contributed by atoms with Gasteiger partial charge in [0, 0.05) is 19.9 Å². The highest BCUT2D eigenvalue weighted by Crippen LogP contribution is 2.27. The number of para-hydroxylation sites is 2. The molecule has 31 heavy (non-hydrogen) atoms. The van der Waals surface area contributed by atoms with E-state index in [1.807, 2.05) is 44.2 Å². The Morgan fingerprint density at radius 1 is 0.968 bits per heavy atom. The minimum absolute atomic E-state index is 0.0754. The SMILES string of the molecule is CC[n+]1c(C)n(-c2ccccc2)c2ccc(S(=O)(=O)N(C(C)=O)c3ccccc3)cc21. The van der Waals surface area contributed by atoms with Crippen LogP contribution >= 0.6 is 0 Å². The zero-order valence-electron chi connectivity index (χ0n) is 17.7. The number of hydrogen-bond donors (Lipinski definition) is 0. The number of anilines is 1. The highest BCUT2D eigenvalue weighted by molar-refractivity contribution is 7.93. The van der Waals surface area contributed by atoms with E-state index in [2.05, 4.69) is 9.13 Å². The van der Waals surface area contributed by atoms with Gasteiger partial charge in [0.25, 0.3) is 15.8 Å². The van der Waals surface area contributed by atoms with Gasteiger partial charge < -0.3 is 0 Å². The molecule has 6 nitrogen and oxygen atoms in total. The van der Waals surface area contributed by atoms with Gasteiger partial charge in [0.15, 0.2) is 11.0 Å². The van der Waals surface area contributed by atoms with Crippen molar-refractivity contribution in [3.05, 3.63) is 84.7 Å². The van der Waals surface area contributed by atoms with E-state index in [4.69, 9.17) is 0 Å². The van der Waals surface area contributed by atoms with Gasteiger partial charge in [-0.2, -0.15) is 4.57 Å². The number of amides is 1. The first-order valence-corrected chi connectivity index (χ1v) is 11.5. The average Bonchev–Trinajstić information content (AvgIpc) is 3.05. The molecule has 0 fully saturated rings. The van der Waals surface area contributed by atoms with Crippen molar-refractivity contribution in [3.63, 3.8) is 0 Å². The first kappa shape index (κ1) is 20.8. The van der Waals surface area contributed by atoms with Gasteiger partial charge in [-0.15, -0.1) is 0 Å². The molecular weight excluding hydrogens is 410 g/mol. The van der Waals surface area contributed by atoms with Gasteiger partial charge in [0.2, 0.25) is 5.91 Å². The number of imidazole rings is 1. The Balaban J connectivity index is 1.93. The zero-order valence-corrected chi connectivity index (χ0v) is 18.5. The molecule has 1 heterocycles. The van der Waals surface area contributed by atoms with Crippen LogP contribution in [0.5, 0.6) is 0 Å². The Bertz CT molecular complexity index is 1360. The van der Waals surface area contributed by atoms with Crippen LogP contribution in [0.1, 0.15) is 19.7 Å². The highest BCUT2D eigenvalue weighted by atomic mass is 32.2. The fourth-order valence-electron chi connectivity index (χ4n) is 4.00. The van der Waals surface area contributed by atoms with Crippen molar-refractivity contribution in [1.29, 1.82) is 0 Å². The predicted molar refractivity (Wildman–Crippen MR) is 121 cm³/mol. The van der Waals surface area contributed by atoms with Gasteiger partial charge >= 0.3 is 0 Å². The number of aryl methyl sites for hydroxylation is 1. The molecule has 0 spiro atoms. The zero-order chi connectivity index (χ0) is 22.2. The van der Waals surface area contributed by atoms with E-state index < -0.39 is 15.9 Å². The van der Waals surface area contributed by atoms with E-state index in [1.54, 1.807) is 48.5 Å². The number of hydrogen-bond acceptors (Lipinski definition) is 3. The van der Waals surface area contributed by atoms with Crippen molar-refractivity contribution >= 4 is 32.7 Å². The normalized spacial score (nSPS) is 11.6. The van der Waals surface area contributed by atoms with E-state index in [0.29, 0.717) is 12.2 Å². The van der Waals surface area contributed by atoms with E-state index in [-0.39, 0.29) is 4.90 Å². The lowest BCUT2D eigenvalue weighted by molar-refractivity contribution is -0.674. The van der Waals surface area contributed by atoms with Crippen LogP contribution in [0.25, 0.3) is 16.7 Å². The monoisotopic (exact) mass is 434 g/mol. The molecule has 4 rings (SSSR count). The summed E-state index contributed by atoms with van der Waals surface area (Å²) in [6.45, 7) is 5.97. The molecule has 158 valence electrons. The van der Waals surface area contributed by atoms with E-state index in [0.717, 1.165) is 26.9 Å². The van der Waals surface area contributed by atoms with Crippen molar-refractivity contribution in [2.75, 3.05) is 4.31 Å². The quantitative estimate of drug-likeness (QED) is 0.446. The number of carbonyl (C=O) groups is 1. The van der Waals surface area contributed by atoms with Crippen molar-refractivity contribution in [2.45, 2.75) is 32.2 Å². The molecule has 0 radical (unpaired) electrons. The maximum Gasteiger partial charge on any atom is 0.271 e. The molecule has 1 aromatic heterocycles. The van der Waals surface area contributed by atoms with E-state index in [9.17, 15) is 13.2 Å². The van der Waals surface area contributed by atoms with Crippen molar-refractivity contribution in [2.24, 2.45) is 0 Å². The lowest BCUT2D eigenvalue weighted by Crippen LogP contribution is -2.36. The maximum atomic E-state index is 13.5. The number of sulfonamides is 1. The fraction of sp³-hybridized carbons (Fsp3) is 0.167. The molecule has 0 saturated carbocycles. The second kappa shape index (κ2) is 8.00. The standard InChI is InChI=1S/C24H24N3O3S/c1-4-25-18(2)26(20-11-7-5-8-12-20)23-16-15-22(17-24(23)25)31(29,30)27(19(3)28)21-13-9-6-10-14-21/h5-17H,4H2,1-3H3/q+1. The summed E-state index contributed by atoms with van der Waals surface area (Å²) in [5.74, 6) is 0.428. The smallest absolute Gasteiger partial charge is 0.271 e. The van der Waals surface area contributed by atoms with Crippen LogP contribution in [0.4, 0.5) is 5.69 Å². The van der Waals surface area contributed by atoms with Gasteiger partial charge in [-0.05, 0) is 43.3 Å². The Labute approximate surface area is 182 Å². The highest BCUT2D eigenvalue weighted by Gasteiger charge is 2.31. The summed E-state index contributed by atoms with van der Waals surface area (Å²) >= 11 is 0. The third kappa shape index (κ3) is 3.51.